The standard InChI is InChI=1S/C20H23N3O3/c1-16(24)22-11-13-23(14-12-22)18-6-8-19(9-7-18)26-15-10-17-4-2-3-5-20(17)21-25/h2-9H,10-15H2,1H3. The molecule has 1 saturated heterocycles. The molecule has 1 amide bonds. The summed E-state index contributed by atoms with van der Waals surface area (Å²) in [4.78, 5) is 26.3. The molecule has 2 aromatic carbocycles. The summed E-state index contributed by atoms with van der Waals surface area (Å²) in [6, 6.07) is 15.3. The molecule has 6 heteroatoms. The largest absolute Gasteiger partial charge is 0.493 e. The van der Waals surface area contributed by atoms with Gasteiger partial charge in [0.15, 0.2) is 0 Å². The molecule has 0 atom stereocenters. The van der Waals surface area contributed by atoms with E-state index in [1.807, 2.05) is 41.3 Å². The molecule has 0 saturated carbocycles. The SMILES string of the molecule is CC(=O)N1CCN(c2ccc(OCCc3ccccc3N=O)cc2)CC1. The van der Waals surface area contributed by atoms with Crippen molar-refractivity contribution < 1.29 is 9.53 Å². The summed E-state index contributed by atoms with van der Waals surface area (Å²) in [6.07, 6.45) is 0.636. The van der Waals surface area contributed by atoms with E-state index in [0.717, 1.165) is 43.2 Å². The Bertz CT molecular complexity index is 753. The zero-order chi connectivity index (χ0) is 18.4. The molecule has 6 nitrogen and oxygen atoms in total. The number of nitrogens with zero attached hydrogens (tertiary/aromatic N) is 3. The lowest BCUT2D eigenvalue weighted by Gasteiger charge is -2.35. The predicted molar refractivity (Wildman–Crippen MR) is 102 cm³/mol. The maximum atomic E-state index is 11.4. The van der Waals surface area contributed by atoms with Gasteiger partial charge in [0.05, 0.1) is 6.61 Å². The van der Waals surface area contributed by atoms with Gasteiger partial charge in [-0.05, 0) is 41.1 Å². The van der Waals surface area contributed by atoms with E-state index in [1.54, 1.807) is 19.1 Å². The summed E-state index contributed by atoms with van der Waals surface area (Å²) >= 11 is 0. The van der Waals surface area contributed by atoms with Gasteiger partial charge in [-0.2, -0.15) is 0 Å². The molecule has 136 valence electrons. The van der Waals surface area contributed by atoms with Crippen LogP contribution in [0.3, 0.4) is 0 Å². The number of rotatable bonds is 6. The normalized spacial score (nSPS) is 14.2. The lowest BCUT2D eigenvalue weighted by molar-refractivity contribution is -0.129. The monoisotopic (exact) mass is 353 g/mol. The fourth-order valence-electron chi connectivity index (χ4n) is 3.12. The van der Waals surface area contributed by atoms with E-state index in [0.29, 0.717) is 18.7 Å². The first-order valence-electron chi connectivity index (χ1n) is 8.82. The summed E-state index contributed by atoms with van der Waals surface area (Å²) in [5, 5.41) is 3.04. The van der Waals surface area contributed by atoms with Crippen molar-refractivity contribution in [2.24, 2.45) is 5.18 Å². The summed E-state index contributed by atoms with van der Waals surface area (Å²) in [6.45, 7) is 5.31. The van der Waals surface area contributed by atoms with Crippen molar-refractivity contribution >= 4 is 17.3 Å². The number of carbonyl (C=O) groups is 1. The van der Waals surface area contributed by atoms with Crippen LogP contribution in [0, 0.1) is 4.91 Å². The lowest BCUT2D eigenvalue weighted by atomic mass is 10.1. The quantitative estimate of drug-likeness (QED) is 0.747. The van der Waals surface area contributed by atoms with Crippen LogP contribution in [0.1, 0.15) is 12.5 Å². The predicted octanol–water partition coefficient (Wildman–Crippen LogP) is 3.37. The fraction of sp³-hybridized carbons (Fsp3) is 0.350. The van der Waals surface area contributed by atoms with Crippen LogP contribution < -0.4 is 9.64 Å². The third-order valence-electron chi connectivity index (χ3n) is 4.66. The van der Waals surface area contributed by atoms with Gasteiger partial charge < -0.3 is 14.5 Å². The second-order valence-electron chi connectivity index (χ2n) is 6.31. The minimum atomic E-state index is 0.139. The highest BCUT2D eigenvalue weighted by atomic mass is 16.5. The van der Waals surface area contributed by atoms with E-state index >= 15 is 0 Å². The van der Waals surface area contributed by atoms with Crippen molar-refractivity contribution in [3.05, 3.63) is 59.0 Å². The molecule has 1 aliphatic heterocycles. The molecule has 0 unspecified atom stereocenters. The van der Waals surface area contributed by atoms with Gasteiger partial charge in [-0.1, -0.05) is 18.2 Å². The Morgan fingerprint density at radius 1 is 1.04 bits per heavy atom. The lowest BCUT2D eigenvalue weighted by Crippen LogP contribution is -2.48. The van der Waals surface area contributed by atoms with Crippen molar-refractivity contribution in [2.75, 3.05) is 37.7 Å². The van der Waals surface area contributed by atoms with Gasteiger partial charge in [0.2, 0.25) is 5.91 Å². The van der Waals surface area contributed by atoms with Gasteiger partial charge in [-0.25, -0.2) is 0 Å². The molecular weight excluding hydrogens is 330 g/mol. The molecule has 26 heavy (non-hydrogen) atoms. The average molecular weight is 353 g/mol. The summed E-state index contributed by atoms with van der Waals surface area (Å²) in [5.41, 5.74) is 2.50. The van der Waals surface area contributed by atoms with E-state index in [9.17, 15) is 9.70 Å². The molecule has 0 spiro atoms. The Morgan fingerprint density at radius 3 is 2.38 bits per heavy atom. The Morgan fingerprint density at radius 2 is 1.73 bits per heavy atom. The molecule has 1 fully saturated rings. The van der Waals surface area contributed by atoms with Crippen molar-refractivity contribution in [1.82, 2.24) is 4.90 Å². The van der Waals surface area contributed by atoms with Crippen LogP contribution in [-0.4, -0.2) is 43.6 Å². The molecule has 0 radical (unpaired) electrons. The van der Waals surface area contributed by atoms with Crippen LogP contribution in [-0.2, 0) is 11.2 Å². The van der Waals surface area contributed by atoms with Crippen molar-refractivity contribution in [2.45, 2.75) is 13.3 Å². The molecule has 1 aliphatic rings. The minimum Gasteiger partial charge on any atom is -0.493 e. The first-order chi connectivity index (χ1) is 12.7. The molecule has 1 heterocycles. The Balaban J connectivity index is 1.50. The number of ether oxygens (including phenoxy) is 1. The van der Waals surface area contributed by atoms with Gasteiger partial charge in [-0.15, -0.1) is 4.91 Å². The van der Waals surface area contributed by atoms with Gasteiger partial charge in [0.25, 0.3) is 0 Å². The number of piperazine rings is 1. The highest BCUT2D eigenvalue weighted by Crippen LogP contribution is 2.22. The molecule has 2 aromatic rings. The number of anilines is 1. The average Bonchev–Trinajstić information content (AvgIpc) is 2.69. The topological polar surface area (TPSA) is 62.2 Å². The minimum absolute atomic E-state index is 0.139. The van der Waals surface area contributed by atoms with E-state index in [-0.39, 0.29) is 5.91 Å². The van der Waals surface area contributed by atoms with Crippen LogP contribution in [0.4, 0.5) is 11.4 Å². The molecule has 0 aliphatic carbocycles. The van der Waals surface area contributed by atoms with Crippen molar-refractivity contribution in [3.63, 3.8) is 0 Å². The molecule has 3 rings (SSSR count). The van der Waals surface area contributed by atoms with Crippen LogP contribution >= 0.6 is 0 Å². The number of nitroso groups, excluding NO2 is 1. The summed E-state index contributed by atoms with van der Waals surface area (Å²) in [5.74, 6) is 0.937. The second-order valence-corrected chi connectivity index (χ2v) is 6.31. The van der Waals surface area contributed by atoms with E-state index < -0.39 is 0 Å². The van der Waals surface area contributed by atoms with Gasteiger partial charge in [0, 0.05) is 45.2 Å². The van der Waals surface area contributed by atoms with Gasteiger partial charge >= 0.3 is 0 Å². The van der Waals surface area contributed by atoms with Gasteiger partial charge in [-0.3, -0.25) is 4.79 Å². The number of amides is 1. The highest BCUT2D eigenvalue weighted by Gasteiger charge is 2.18. The second kappa shape index (κ2) is 8.47. The van der Waals surface area contributed by atoms with Crippen molar-refractivity contribution in [1.29, 1.82) is 0 Å². The summed E-state index contributed by atoms with van der Waals surface area (Å²) in [7, 11) is 0. The van der Waals surface area contributed by atoms with Gasteiger partial charge in [0.1, 0.15) is 11.4 Å². The highest BCUT2D eigenvalue weighted by molar-refractivity contribution is 5.73. The molecule has 0 bridgehead atoms. The number of hydrogen-bond acceptors (Lipinski definition) is 5. The maximum Gasteiger partial charge on any atom is 0.219 e. The van der Waals surface area contributed by atoms with Crippen LogP contribution in [0.5, 0.6) is 5.75 Å². The van der Waals surface area contributed by atoms with E-state index in [4.69, 9.17) is 4.74 Å². The Hall–Kier alpha value is -2.89. The number of hydrogen-bond donors (Lipinski definition) is 0. The van der Waals surface area contributed by atoms with E-state index in [2.05, 4.69) is 10.1 Å². The van der Waals surface area contributed by atoms with Crippen LogP contribution in [0.15, 0.2) is 53.7 Å². The van der Waals surface area contributed by atoms with E-state index in [1.165, 1.54) is 0 Å². The third-order valence-corrected chi connectivity index (χ3v) is 4.66. The maximum absolute atomic E-state index is 11.4. The smallest absolute Gasteiger partial charge is 0.219 e. The molecule has 0 N–H and O–H groups in total. The zero-order valence-electron chi connectivity index (χ0n) is 14.9. The zero-order valence-corrected chi connectivity index (χ0v) is 14.9. The molecule has 0 aromatic heterocycles. The Labute approximate surface area is 153 Å². The Kier molecular flexibility index (Phi) is 5.84. The van der Waals surface area contributed by atoms with Crippen molar-refractivity contribution in [3.8, 4) is 5.75 Å². The fourth-order valence-corrected chi connectivity index (χ4v) is 3.12. The summed E-state index contributed by atoms with van der Waals surface area (Å²) < 4.78 is 5.79. The van der Waals surface area contributed by atoms with Crippen LogP contribution in [0.2, 0.25) is 0 Å². The molecular formula is C20H23N3O3. The first-order valence-corrected chi connectivity index (χ1v) is 8.82. The third kappa shape index (κ3) is 4.39. The number of benzene rings is 2. The van der Waals surface area contributed by atoms with Crippen LogP contribution in [0.25, 0.3) is 0 Å². The number of carbonyl (C=O) groups excluding carboxylic acids is 1. The first kappa shape index (κ1) is 17.9.